The van der Waals surface area contributed by atoms with Gasteiger partial charge in [0, 0.05) is 34.9 Å². The molecule has 0 amide bonds. The second-order valence-electron chi connectivity index (χ2n) is 4.33. The first-order valence-corrected chi connectivity index (χ1v) is 7.41. The van der Waals surface area contributed by atoms with Gasteiger partial charge in [-0.1, -0.05) is 11.6 Å². The first-order chi connectivity index (χ1) is 8.29. The number of thioether (sulfide) groups is 1. The van der Waals surface area contributed by atoms with Crippen molar-refractivity contribution < 1.29 is 5.11 Å². The number of hydrogen-bond donors (Lipinski definition) is 2. The molecular weight excluding hydrogens is 254 g/mol. The number of nitrogens with one attached hydrogen (secondary N) is 1. The molecule has 1 aromatic rings. The minimum absolute atomic E-state index is 0.260. The highest BCUT2D eigenvalue weighted by Gasteiger charge is 2.20. The number of aliphatic hydroxyl groups is 1. The van der Waals surface area contributed by atoms with Gasteiger partial charge in [-0.05, 0) is 43.0 Å². The van der Waals surface area contributed by atoms with Crippen LogP contribution in [0.1, 0.15) is 24.8 Å². The quantitative estimate of drug-likeness (QED) is 0.591. The third kappa shape index (κ3) is 4.51. The second-order valence-corrected chi connectivity index (χ2v) is 5.91. The minimum atomic E-state index is 0.260. The summed E-state index contributed by atoms with van der Waals surface area (Å²) in [7, 11) is 0. The average molecular weight is 272 g/mol. The predicted molar refractivity (Wildman–Crippen MR) is 73.7 cm³/mol. The summed E-state index contributed by atoms with van der Waals surface area (Å²) in [5.74, 6) is 0.953. The summed E-state index contributed by atoms with van der Waals surface area (Å²) in [5, 5.41) is 13.1. The summed E-state index contributed by atoms with van der Waals surface area (Å²) in [6.07, 6.45) is 3.43. The van der Waals surface area contributed by atoms with Crippen LogP contribution in [0.3, 0.4) is 0 Å². The van der Waals surface area contributed by atoms with Crippen LogP contribution in [-0.2, 0) is 6.54 Å². The summed E-state index contributed by atoms with van der Waals surface area (Å²) < 4.78 is 0. The number of rotatable bonds is 7. The van der Waals surface area contributed by atoms with Crippen LogP contribution in [0.25, 0.3) is 0 Å². The zero-order valence-electron chi connectivity index (χ0n) is 9.79. The van der Waals surface area contributed by atoms with Crippen molar-refractivity contribution in [2.24, 2.45) is 0 Å². The smallest absolute Gasteiger partial charge is 0.0439 e. The summed E-state index contributed by atoms with van der Waals surface area (Å²) in [6.45, 7) is 1.16. The van der Waals surface area contributed by atoms with Crippen molar-refractivity contribution in [2.45, 2.75) is 36.7 Å². The zero-order chi connectivity index (χ0) is 12.1. The Morgan fingerprint density at radius 2 is 2.24 bits per heavy atom. The van der Waals surface area contributed by atoms with Gasteiger partial charge in [0.15, 0.2) is 0 Å². The molecule has 0 bridgehead atoms. The Hall–Kier alpha value is -0.220. The molecule has 1 fully saturated rings. The molecule has 94 valence electrons. The molecule has 2 N–H and O–H groups in total. The van der Waals surface area contributed by atoms with Gasteiger partial charge in [0.1, 0.15) is 0 Å². The predicted octanol–water partition coefficient (Wildman–Crippen LogP) is 3.07. The molecule has 0 spiro atoms. The van der Waals surface area contributed by atoms with E-state index >= 15 is 0 Å². The molecule has 4 heteroatoms. The SMILES string of the molecule is OCCCSc1ccc(Cl)cc1CNC1CC1. The van der Waals surface area contributed by atoms with Crippen molar-refractivity contribution in [1.29, 1.82) is 0 Å². The first-order valence-electron chi connectivity index (χ1n) is 6.05. The second kappa shape index (κ2) is 6.64. The molecule has 0 radical (unpaired) electrons. The van der Waals surface area contributed by atoms with Gasteiger partial charge < -0.3 is 10.4 Å². The maximum Gasteiger partial charge on any atom is 0.0439 e. The van der Waals surface area contributed by atoms with Crippen LogP contribution in [0, 0.1) is 0 Å². The van der Waals surface area contributed by atoms with Gasteiger partial charge in [-0.25, -0.2) is 0 Å². The molecule has 1 aliphatic rings. The lowest BCUT2D eigenvalue weighted by atomic mass is 10.2. The Morgan fingerprint density at radius 1 is 1.41 bits per heavy atom. The third-order valence-corrected chi connectivity index (χ3v) is 4.18. The summed E-state index contributed by atoms with van der Waals surface area (Å²) in [4.78, 5) is 1.27. The fourth-order valence-electron chi connectivity index (χ4n) is 1.62. The number of aliphatic hydroxyl groups excluding tert-OH is 1. The van der Waals surface area contributed by atoms with E-state index < -0.39 is 0 Å². The molecule has 0 heterocycles. The Kier molecular flexibility index (Phi) is 5.16. The molecule has 2 nitrogen and oxygen atoms in total. The van der Waals surface area contributed by atoms with Crippen molar-refractivity contribution in [1.82, 2.24) is 5.32 Å². The highest BCUT2D eigenvalue weighted by Crippen LogP contribution is 2.27. The average Bonchev–Trinajstić information content (AvgIpc) is 3.13. The van der Waals surface area contributed by atoms with Gasteiger partial charge in [-0.2, -0.15) is 0 Å². The maximum atomic E-state index is 8.80. The van der Waals surface area contributed by atoms with Crippen molar-refractivity contribution in [3.63, 3.8) is 0 Å². The van der Waals surface area contributed by atoms with E-state index in [2.05, 4.69) is 11.4 Å². The van der Waals surface area contributed by atoms with Gasteiger partial charge in [0.05, 0.1) is 0 Å². The van der Waals surface area contributed by atoms with Crippen molar-refractivity contribution in [3.05, 3.63) is 28.8 Å². The lowest BCUT2D eigenvalue weighted by Gasteiger charge is -2.10. The molecule has 1 saturated carbocycles. The van der Waals surface area contributed by atoms with E-state index in [1.165, 1.54) is 23.3 Å². The van der Waals surface area contributed by atoms with E-state index in [9.17, 15) is 0 Å². The van der Waals surface area contributed by atoms with Gasteiger partial charge in [0.2, 0.25) is 0 Å². The lowest BCUT2D eigenvalue weighted by molar-refractivity contribution is 0.296. The van der Waals surface area contributed by atoms with E-state index in [0.717, 1.165) is 23.7 Å². The normalized spacial score (nSPS) is 15.2. The van der Waals surface area contributed by atoms with Crippen LogP contribution in [0.15, 0.2) is 23.1 Å². The Labute approximate surface area is 112 Å². The van der Waals surface area contributed by atoms with E-state index in [4.69, 9.17) is 16.7 Å². The summed E-state index contributed by atoms with van der Waals surface area (Å²) in [5.41, 5.74) is 1.27. The van der Waals surface area contributed by atoms with E-state index in [-0.39, 0.29) is 6.61 Å². The van der Waals surface area contributed by atoms with Crippen molar-refractivity contribution >= 4 is 23.4 Å². The number of hydrogen-bond acceptors (Lipinski definition) is 3. The molecule has 0 atom stereocenters. The van der Waals surface area contributed by atoms with Crippen LogP contribution < -0.4 is 5.32 Å². The minimum Gasteiger partial charge on any atom is -0.396 e. The Morgan fingerprint density at radius 3 is 2.94 bits per heavy atom. The van der Waals surface area contributed by atoms with Crippen LogP contribution in [0.2, 0.25) is 5.02 Å². The first kappa shape index (κ1) is 13.2. The monoisotopic (exact) mass is 271 g/mol. The van der Waals surface area contributed by atoms with Crippen molar-refractivity contribution in [3.8, 4) is 0 Å². The zero-order valence-corrected chi connectivity index (χ0v) is 11.4. The molecule has 1 aliphatic carbocycles. The highest BCUT2D eigenvalue weighted by molar-refractivity contribution is 7.99. The van der Waals surface area contributed by atoms with E-state index in [1.807, 2.05) is 12.1 Å². The molecule has 0 aromatic heterocycles. The molecule has 2 rings (SSSR count). The number of halogens is 1. The maximum absolute atomic E-state index is 8.80. The third-order valence-electron chi connectivity index (χ3n) is 2.74. The van der Waals surface area contributed by atoms with Crippen LogP contribution in [0.4, 0.5) is 0 Å². The molecule has 1 aromatic carbocycles. The largest absolute Gasteiger partial charge is 0.396 e. The number of benzene rings is 1. The Bertz CT molecular complexity index is 368. The lowest BCUT2D eigenvalue weighted by Crippen LogP contribution is -2.15. The summed E-state index contributed by atoms with van der Waals surface area (Å²) in [6, 6.07) is 6.76. The standard InChI is InChI=1S/C13H18ClNOS/c14-11-2-5-13(17-7-1-6-16)10(8-11)9-15-12-3-4-12/h2,5,8,12,15-16H,1,3-4,6-7,9H2. The highest BCUT2D eigenvalue weighted by atomic mass is 35.5. The topological polar surface area (TPSA) is 32.3 Å². The van der Waals surface area contributed by atoms with Gasteiger partial charge in [-0.15, -0.1) is 11.8 Å². The molecule has 0 unspecified atom stereocenters. The van der Waals surface area contributed by atoms with Gasteiger partial charge >= 0.3 is 0 Å². The fourth-order valence-corrected chi connectivity index (χ4v) is 2.78. The van der Waals surface area contributed by atoms with Crippen molar-refractivity contribution in [2.75, 3.05) is 12.4 Å². The van der Waals surface area contributed by atoms with Gasteiger partial charge in [-0.3, -0.25) is 0 Å². The van der Waals surface area contributed by atoms with E-state index in [0.29, 0.717) is 6.04 Å². The Balaban J connectivity index is 1.95. The molecule has 0 aliphatic heterocycles. The molecule has 17 heavy (non-hydrogen) atoms. The van der Waals surface area contributed by atoms with E-state index in [1.54, 1.807) is 11.8 Å². The van der Waals surface area contributed by atoms with Crippen LogP contribution in [0.5, 0.6) is 0 Å². The molecule has 0 saturated heterocycles. The fraction of sp³-hybridized carbons (Fsp3) is 0.538. The van der Waals surface area contributed by atoms with Gasteiger partial charge in [0.25, 0.3) is 0 Å². The van der Waals surface area contributed by atoms with Crippen LogP contribution >= 0.6 is 23.4 Å². The molecular formula is C13H18ClNOS. The summed E-state index contributed by atoms with van der Waals surface area (Å²) >= 11 is 7.83. The van der Waals surface area contributed by atoms with Crippen LogP contribution in [-0.4, -0.2) is 23.5 Å².